The molecule has 2 aromatic rings. The summed E-state index contributed by atoms with van der Waals surface area (Å²) in [4.78, 5) is 4.36. The van der Waals surface area contributed by atoms with Crippen LogP contribution in [0.4, 0.5) is 0 Å². The Kier molecular flexibility index (Phi) is 2.03. The smallest absolute Gasteiger partial charge is 0.136 e. The summed E-state index contributed by atoms with van der Waals surface area (Å²) < 4.78 is 2.15. The summed E-state index contributed by atoms with van der Waals surface area (Å²) in [6.45, 7) is 1.12. The summed E-state index contributed by atoms with van der Waals surface area (Å²) in [7, 11) is 0. The zero-order chi connectivity index (χ0) is 10.1. The van der Waals surface area contributed by atoms with Gasteiger partial charge in [0.1, 0.15) is 5.82 Å². The van der Waals surface area contributed by atoms with E-state index in [1.807, 2.05) is 24.4 Å². The number of hydrogen-bond acceptors (Lipinski definition) is 2. The molecule has 2 aromatic heterocycles. The van der Waals surface area contributed by atoms with Crippen LogP contribution in [0, 0.1) is 0 Å². The molecule has 0 saturated carbocycles. The van der Waals surface area contributed by atoms with Crippen molar-refractivity contribution in [3.63, 3.8) is 0 Å². The maximum atomic E-state index is 4.36. The van der Waals surface area contributed by atoms with Gasteiger partial charge in [0.05, 0.1) is 0 Å². The second-order valence-corrected chi connectivity index (χ2v) is 3.79. The predicted octanol–water partition coefficient (Wildman–Crippen LogP) is 1.91. The van der Waals surface area contributed by atoms with Gasteiger partial charge in [-0.25, -0.2) is 4.98 Å². The largest absolute Gasteiger partial charge is 0.309 e. The summed E-state index contributed by atoms with van der Waals surface area (Å²) in [5, 5.41) is 3.41. The van der Waals surface area contributed by atoms with Crippen molar-refractivity contribution >= 4 is 0 Å². The summed E-state index contributed by atoms with van der Waals surface area (Å²) in [6, 6.07) is 10.7. The van der Waals surface area contributed by atoms with Crippen LogP contribution in [0.1, 0.15) is 18.2 Å². The van der Waals surface area contributed by atoms with Crippen molar-refractivity contribution in [1.29, 1.82) is 0 Å². The number of nitrogens with one attached hydrogen (secondary N) is 1. The van der Waals surface area contributed by atoms with Crippen LogP contribution >= 0.6 is 0 Å². The normalized spacial score (nSPS) is 19.9. The van der Waals surface area contributed by atoms with Crippen molar-refractivity contribution in [3.05, 3.63) is 48.4 Å². The number of aromatic nitrogens is 2. The zero-order valence-electron chi connectivity index (χ0n) is 8.43. The Morgan fingerprint density at radius 3 is 2.87 bits per heavy atom. The number of pyridine rings is 1. The molecule has 0 amide bonds. The molecule has 3 nitrogen and oxygen atoms in total. The third-order valence-electron chi connectivity index (χ3n) is 2.86. The number of hydrogen-bond donors (Lipinski definition) is 1. The van der Waals surface area contributed by atoms with Gasteiger partial charge in [0.25, 0.3) is 0 Å². The highest BCUT2D eigenvalue weighted by Crippen LogP contribution is 2.24. The highest BCUT2D eigenvalue weighted by molar-refractivity contribution is 5.29. The molecule has 1 fully saturated rings. The van der Waals surface area contributed by atoms with Crippen molar-refractivity contribution in [1.82, 2.24) is 14.9 Å². The quantitative estimate of drug-likeness (QED) is 0.800. The van der Waals surface area contributed by atoms with Gasteiger partial charge in [-0.05, 0) is 37.2 Å². The molecule has 0 aliphatic carbocycles. The van der Waals surface area contributed by atoms with Gasteiger partial charge < -0.3 is 9.88 Å². The molecule has 76 valence electrons. The standard InChI is InChI=1S/C12H13N3/c1-2-7-14-12(5-1)15-9-3-4-11(15)10-6-8-13-10/h1-5,7,9-10,13H,6,8H2/t10-/m0/s1. The second kappa shape index (κ2) is 3.51. The lowest BCUT2D eigenvalue weighted by Crippen LogP contribution is -2.36. The molecule has 0 aromatic carbocycles. The van der Waals surface area contributed by atoms with Gasteiger partial charge in [-0.1, -0.05) is 6.07 Å². The van der Waals surface area contributed by atoms with Gasteiger partial charge in [-0.15, -0.1) is 0 Å². The molecular formula is C12H13N3. The predicted molar refractivity (Wildman–Crippen MR) is 58.9 cm³/mol. The van der Waals surface area contributed by atoms with Crippen LogP contribution in [0.5, 0.6) is 0 Å². The molecule has 1 atom stereocenters. The number of rotatable bonds is 2. The van der Waals surface area contributed by atoms with Gasteiger partial charge in [0, 0.05) is 24.1 Å². The van der Waals surface area contributed by atoms with E-state index in [-0.39, 0.29) is 0 Å². The van der Waals surface area contributed by atoms with E-state index in [4.69, 9.17) is 0 Å². The molecule has 1 aliphatic heterocycles. The van der Waals surface area contributed by atoms with E-state index in [2.05, 4.69) is 33.2 Å². The highest BCUT2D eigenvalue weighted by Gasteiger charge is 2.21. The van der Waals surface area contributed by atoms with E-state index < -0.39 is 0 Å². The monoisotopic (exact) mass is 199 g/mol. The molecule has 3 heteroatoms. The first kappa shape index (κ1) is 8.68. The topological polar surface area (TPSA) is 29.9 Å². The van der Waals surface area contributed by atoms with Gasteiger partial charge in [0.2, 0.25) is 0 Å². The first-order valence-electron chi connectivity index (χ1n) is 5.27. The van der Waals surface area contributed by atoms with Crippen molar-refractivity contribution in [2.75, 3.05) is 6.54 Å². The summed E-state index contributed by atoms with van der Waals surface area (Å²) in [6.07, 6.45) is 5.11. The Morgan fingerprint density at radius 1 is 1.27 bits per heavy atom. The van der Waals surface area contributed by atoms with Gasteiger partial charge in [0.15, 0.2) is 0 Å². The summed E-state index contributed by atoms with van der Waals surface area (Å²) in [5.41, 5.74) is 1.31. The fraction of sp³-hybridized carbons (Fsp3) is 0.250. The minimum absolute atomic E-state index is 0.502. The fourth-order valence-corrected chi connectivity index (χ4v) is 1.92. The Bertz CT molecular complexity index is 443. The van der Waals surface area contributed by atoms with Crippen LogP contribution in [-0.2, 0) is 0 Å². The molecule has 0 unspecified atom stereocenters. The lowest BCUT2D eigenvalue weighted by molar-refractivity contribution is 0.371. The Morgan fingerprint density at radius 2 is 2.20 bits per heavy atom. The minimum atomic E-state index is 0.502. The average Bonchev–Trinajstić information content (AvgIpc) is 2.65. The molecule has 0 spiro atoms. The Hall–Kier alpha value is -1.61. The van der Waals surface area contributed by atoms with Crippen LogP contribution in [-0.4, -0.2) is 16.1 Å². The second-order valence-electron chi connectivity index (χ2n) is 3.79. The third-order valence-corrected chi connectivity index (χ3v) is 2.86. The van der Waals surface area contributed by atoms with Crippen molar-refractivity contribution < 1.29 is 0 Å². The van der Waals surface area contributed by atoms with E-state index in [1.165, 1.54) is 12.1 Å². The van der Waals surface area contributed by atoms with E-state index in [0.717, 1.165) is 12.4 Å². The summed E-state index contributed by atoms with van der Waals surface area (Å²) >= 11 is 0. The van der Waals surface area contributed by atoms with E-state index in [0.29, 0.717) is 6.04 Å². The lowest BCUT2D eigenvalue weighted by atomic mass is 10.0. The lowest BCUT2D eigenvalue weighted by Gasteiger charge is -2.28. The third kappa shape index (κ3) is 1.45. The van der Waals surface area contributed by atoms with Crippen molar-refractivity contribution in [3.8, 4) is 5.82 Å². The molecule has 1 saturated heterocycles. The molecular weight excluding hydrogens is 186 g/mol. The average molecular weight is 199 g/mol. The molecule has 15 heavy (non-hydrogen) atoms. The Labute approximate surface area is 88.8 Å². The molecule has 0 bridgehead atoms. The van der Waals surface area contributed by atoms with E-state index in [1.54, 1.807) is 0 Å². The zero-order valence-corrected chi connectivity index (χ0v) is 8.43. The molecule has 1 N–H and O–H groups in total. The number of nitrogens with zero attached hydrogens (tertiary/aromatic N) is 2. The van der Waals surface area contributed by atoms with Crippen LogP contribution in [0.15, 0.2) is 42.7 Å². The minimum Gasteiger partial charge on any atom is -0.309 e. The van der Waals surface area contributed by atoms with Crippen molar-refractivity contribution in [2.24, 2.45) is 0 Å². The molecule has 1 aliphatic rings. The van der Waals surface area contributed by atoms with Crippen LogP contribution < -0.4 is 5.32 Å². The molecule has 3 heterocycles. The van der Waals surface area contributed by atoms with E-state index in [9.17, 15) is 0 Å². The van der Waals surface area contributed by atoms with Crippen molar-refractivity contribution in [2.45, 2.75) is 12.5 Å². The molecule has 3 rings (SSSR count). The first-order chi connectivity index (χ1) is 7.45. The molecule has 0 radical (unpaired) electrons. The van der Waals surface area contributed by atoms with Gasteiger partial charge in [-0.2, -0.15) is 0 Å². The first-order valence-corrected chi connectivity index (χ1v) is 5.27. The van der Waals surface area contributed by atoms with E-state index >= 15 is 0 Å². The fourth-order valence-electron chi connectivity index (χ4n) is 1.92. The Balaban J connectivity index is 2.01. The summed E-state index contributed by atoms with van der Waals surface area (Å²) in [5.74, 6) is 0.992. The van der Waals surface area contributed by atoms with Crippen LogP contribution in [0.3, 0.4) is 0 Å². The maximum Gasteiger partial charge on any atom is 0.136 e. The van der Waals surface area contributed by atoms with Crippen LogP contribution in [0.25, 0.3) is 5.82 Å². The van der Waals surface area contributed by atoms with Crippen LogP contribution in [0.2, 0.25) is 0 Å². The van der Waals surface area contributed by atoms with Gasteiger partial charge >= 0.3 is 0 Å². The van der Waals surface area contributed by atoms with Gasteiger partial charge in [-0.3, -0.25) is 0 Å². The highest BCUT2D eigenvalue weighted by atomic mass is 15.1. The maximum absolute atomic E-state index is 4.36. The SMILES string of the molecule is c1ccc(-n2cccc2[C@@H]2CCN2)nc1.